The minimum absolute atomic E-state index is 0. The SMILES string of the molecule is CN=C(NCC1CCOc2ccccc21)NC1CCN(c2cccc(C)n2)CC1.I. The van der Waals surface area contributed by atoms with Crippen molar-refractivity contribution in [3.05, 3.63) is 53.7 Å². The lowest BCUT2D eigenvalue weighted by molar-refractivity contribution is 0.267. The van der Waals surface area contributed by atoms with Crippen LogP contribution in [0.1, 0.15) is 36.4 Å². The Balaban J connectivity index is 0.00000256. The smallest absolute Gasteiger partial charge is 0.191 e. The summed E-state index contributed by atoms with van der Waals surface area (Å²) in [5.74, 6) is 3.45. The van der Waals surface area contributed by atoms with E-state index in [-0.39, 0.29) is 24.0 Å². The van der Waals surface area contributed by atoms with E-state index in [9.17, 15) is 0 Å². The van der Waals surface area contributed by atoms with Crippen LogP contribution in [-0.2, 0) is 0 Å². The molecular weight excluding hydrogens is 489 g/mol. The van der Waals surface area contributed by atoms with Crippen molar-refractivity contribution >= 4 is 35.8 Å². The van der Waals surface area contributed by atoms with Gasteiger partial charge in [0.1, 0.15) is 11.6 Å². The summed E-state index contributed by atoms with van der Waals surface area (Å²) in [7, 11) is 1.85. The third-order valence-electron chi connectivity index (χ3n) is 5.86. The van der Waals surface area contributed by atoms with Crippen LogP contribution in [0, 0.1) is 6.92 Å². The van der Waals surface area contributed by atoms with E-state index in [0.717, 1.165) is 68.7 Å². The van der Waals surface area contributed by atoms with Crippen molar-refractivity contribution in [1.29, 1.82) is 0 Å². The molecule has 0 saturated carbocycles. The van der Waals surface area contributed by atoms with Gasteiger partial charge in [-0.1, -0.05) is 24.3 Å². The number of ether oxygens (including phenoxy) is 1. The summed E-state index contributed by atoms with van der Waals surface area (Å²) in [4.78, 5) is 11.5. The number of aliphatic imine (C=N–C) groups is 1. The topological polar surface area (TPSA) is 61.8 Å². The van der Waals surface area contributed by atoms with E-state index >= 15 is 0 Å². The summed E-state index contributed by atoms with van der Waals surface area (Å²) >= 11 is 0. The van der Waals surface area contributed by atoms with Crippen molar-refractivity contribution in [2.45, 2.75) is 38.1 Å². The number of fused-ring (bicyclic) bond motifs is 1. The zero-order chi connectivity index (χ0) is 20.1. The fourth-order valence-electron chi connectivity index (χ4n) is 4.19. The first kappa shape index (κ1) is 22.7. The Bertz CT molecular complexity index is 851. The standard InChI is InChI=1S/C23H31N5O.HI/c1-17-6-5-9-22(26-17)28-13-10-19(11-14-28)27-23(24-2)25-16-18-12-15-29-21-8-4-3-7-20(18)21;/h3-9,18-19H,10-16H2,1-2H3,(H2,24,25,27);1H. The average Bonchev–Trinajstić information content (AvgIpc) is 2.77. The Labute approximate surface area is 196 Å². The summed E-state index contributed by atoms with van der Waals surface area (Å²) in [5.41, 5.74) is 2.36. The van der Waals surface area contributed by atoms with Crippen molar-refractivity contribution < 1.29 is 4.74 Å². The Hall–Kier alpha value is -2.03. The van der Waals surface area contributed by atoms with Crippen LogP contribution in [0.2, 0.25) is 0 Å². The molecule has 0 bridgehead atoms. The van der Waals surface area contributed by atoms with Crippen molar-refractivity contribution in [2.75, 3.05) is 38.2 Å². The Morgan fingerprint density at radius 1 is 1.13 bits per heavy atom. The van der Waals surface area contributed by atoms with E-state index in [1.165, 1.54) is 5.56 Å². The molecule has 30 heavy (non-hydrogen) atoms. The first-order valence-corrected chi connectivity index (χ1v) is 10.6. The summed E-state index contributed by atoms with van der Waals surface area (Å²) in [6, 6.07) is 15.0. The Morgan fingerprint density at radius 3 is 2.70 bits per heavy atom. The number of guanidine groups is 1. The molecule has 162 valence electrons. The number of rotatable bonds is 4. The fourth-order valence-corrected chi connectivity index (χ4v) is 4.19. The molecule has 1 saturated heterocycles. The van der Waals surface area contributed by atoms with Gasteiger partial charge in [-0.05, 0) is 49.9 Å². The second-order valence-corrected chi connectivity index (χ2v) is 7.87. The summed E-state index contributed by atoms with van der Waals surface area (Å²) in [5, 5.41) is 7.15. The molecule has 4 rings (SSSR count). The third-order valence-corrected chi connectivity index (χ3v) is 5.86. The first-order chi connectivity index (χ1) is 14.2. The molecule has 1 aromatic heterocycles. The second kappa shape index (κ2) is 10.8. The van der Waals surface area contributed by atoms with E-state index in [1.54, 1.807) is 0 Å². The number of para-hydroxylation sites is 1. The van der Waals surface area contributed by atoms with E-state index in [2.05, 4.69) is 55.8 Å². The first-order valence-electron chi connectivity index (χ1n) is 10.6. The molecule has 0 amide bonds. The number of piperidine rings is 1. The molecule has 2 N–H and O–H groups in total. The molecule has 1 aromatic carbocycles. The molecule has 2 aliphatic heterocycles. The molecule has 1 atom stereocenters. The number of hydrogen-bond donors (Lipinski definition) is 2. The van der Waals surface area contributed by atoms with E-state index in [4.69, 9.17) is 4.74 Å². The quantitative estimate of drug-likeness (QED) is 0.365. The molecule has 1 fully saturated rings. The molecule has 0 radical (unpaired) electrons. The van der Waals surface area contributed by atoms with Gasteiger partial charge in [0.25, 0.3) is 0 Å². The maximum atomic E-state index is 5.78. The van der Waals surface area contributed by atoms with Crippen molar-refractivity contribution in [2.24, 2.45) is 4.99 Å². The van der Waals surface area contributed by atoms with Crippen LogP contribution < -0.4 is 20.3 Å². The lowest BCUT2D eigenvalue weighted by Gasteiger charge is -2.34. The monoisotopic (exact) mass is 521 g/mol. The number of nitrogens with zero attached hydrogens (tertiary/aromatic N) is 3. The maximum Gasteiger partial charge on any atom is 0.191 e. The number of halogens is 1. The van der Waals surface area contributed by atoms with Gasteiger partial charge < -0.3 is 20.3 Å². The maximum absolute atomic E-state index is 5.78. The predicted molar refractivity (Wildman–Crippen MR) is 133 cm³/mol. The minimum atomic E-state index is 0. The van der Waals surface area contributed by atoms with Crippen LogP contribution in [-0.4, -0.2) is 50.3 Å². The predicted octanol–water partition coefficient (Wildman–Crippen LogP) is 3.71. The number of aromatic nitrogens is 1. The molecule has 2 aliphatic rings. The zero-order valence-corrected chi connectivity index (χ0v) is 20.1. The average molecular weight is 521 g/mol. The molecule has 3 heterocycles. The lowest BCUT2D eigenvalue weighted by atomic mass is 9.93. The highest BCUT2D eigenvalue weighted by atomic mass is 127. The number of aryl methyl sites for hydroxylation is 1. The van der Waals surface area contributed by atoms with Gasteiger partial charge in [-0.15, -0.1) is 24.0 Å². The van der Waals surface area contributed by atoms with Crippen LogP contribution in [0.3, 0.4) is 0 Å². The van der Waals surface area contributed by atoms with Gasteiger partial charge in [-0.25, -0.2) is 4.98 Å². The van der Waals surface area contributed by atoms with Crippen LogP contribution in [0.4, 0.5) is 5.82 Å². The second-order valence-electron chi connectivity index (χ2n) is 7.87. The highest BCUT2D eigenvalue weighted by Crippen LogP contribution is 2.32. The lowest BCUT2D eigenvalue weighted by Crippen LogP contribution is -2.49. The van der Waals surface area contributed by atoms with Crippen LogP contribution in [0.25, 0.3) is 0 Å². The van der Waals surface area contributed by atoms with Crippen molar-refractivity contribution in [3.63, 3.8) is 0 Å². The van der Waals surface area contributed by atoms with Gasteiger partial charge in [0.15, 0.2) is 5.96 Å². The zero-order valence-electron chi connectivity index (χ0n) is 17.8. The van der Waals surface area contributed by atoms with E-state index < -0.39 is 0 Å². The number of nitrogens with one attached hydrogen (secondary N) is 2. The van der Waals surface area contributed by atoms with Crippen molar-refractivity contribution in [3.8, 4) is 5.75 Å². The highest BCUT2D eigenvalue weighted by Gasteiger charge is 2.23. The summed E-state index contributed by atoms with van der Waals surface area (Å²) < 4.78 is 5.78. The normalized spacial score (nSPS) is 19.3. The van der Waals surface area contributed by atoms with Gasteiger partial charge in [0.05, 0.1) is 6.61 Å². The van der Waals surface area contributed by atoms with Gasteiger partial charge in [-0.2, -0.15) is 0 Å². The highest BCUT2D eigenvalue weighted by molar-refractivity contribution is 14.0. The summed E-state index contributed by atoms with van der Waals surface area (Å²) in [6.45, 7) is 5.72. The fraction of sp³-hybridized carbons (Fsp3) is 0.478. The van der Waals surface area contributed by atoms with Crippen molar-refractivity contribution in [1.82, 2.24) is 15.6 Å². The minimum Gasteiger partial charge on any atom is -0.493 e. The Kier molecular flexibility index (Phi) is 8.18. The van der Waals surface area contributed by atoms with E-state index in [1.807, 2.05) is 26.1 Å². The molecule has 7 heteroatoms. The molecule has 0 spiro atoms. The van der Waals surface area contributed by atoms with Gasteiger partial charge >= 0.3 is 0 Å². The molecule has 1 unspecified atom stereocenters. The summed E-state index contributed by atoms with van der Waals surface area (Å²) in [6.07, 6.45) is 3.19. The van der Waals surface area contributed by atoms with Crippen LogP contribution >= 0.6 is 24.0 Å². The van der Waals surface area contributed by atoms with E-state index in [0.29, 0.717) is 12.0 Å². The number of benzene rings is 1. The van der Waals surface area contributed by atoms with Gasteiger partial charge in [0.2, 0.25) is 0 Å². The van der Waals surface area contributed by atoms with Crippen LogP contribution in [0.5, 0.6) is 5.75 Å². The van der Waals surface area contributed by atoms with Gasteiger partial charge in [0, 0.05) is 44.3 Å². The largest absolute Gasteiger partial charge is 0.493 e. The Morgan fingerprint density at radius 2 is 1.93 bits per heavy atom. The number of anilines is 1. The number of hydrogen-bond acceptors (Lipinski definition) is 4. The third kappa shape index (κ3) is 5.56. The molecular formula is C23H32IN5O. The number of pyridine rings is 1. The van der Waals surface area contributed by atoms with Gasteiger partial charge in [-0.3, -0.25) is 4.99 Å². The molecule has 0 aliphatic carbocycles. The molecule has 2 aromatic rings. The molecule has 6 nitrogen and oxygen atoms in total. The van der Waals surface area contributed by atoms with Crippen LogP contribution in [0.15, 0.2) is 47.5 Å².